The summed E-state index contributed by atoms with van der Waals surface area (Å²) in [5, 5.41) is 8.96. The maximum absolute atomic E-state index is 10.9. The molecular weight excluding hydrogens is 218 g/mol. The van der Waals surface area contributed by atoms with Crippen LogP contribution in [0.25, 0.3) is 0 Å². The molecule has 0 saturated heterocycles. The van der Waals surface area contributed by atoms with Gasteiger partial charge in [0, 0.05) is 0 Å². The number of carboxylic acid groups (broad SMARTS) is 1. The first-order valence-electron chi connectivity index (χ1n) is 5.07. The molecule has 86 valence electrons. The van der Waals surface area contributed by atoms with E-state index < -0.39 is 5.97 Å². The van der Waals surface area contributed by atoms with Gasteiger partial charge in [-0.2, -0.15) is 0 Å². The minimum absolute atomic E-state index is 0.121. The lowest BCUT2D eigenvalue weighted by Crippen LogP contribution is -2.08. The fourth-order valence-corrected chi connectivity index (χ4v) is 1.35. The van der Waals surface area contributed by atoms with Crippen LogP contribution in [0.4, 0.5) is 5.69 Å². The van der Waals surface area contributed by atoms with Crippen molar-refractivity contribution in [3.63, 3.8) is 0 Å². The number of anilines is 1. The van der Waals surface area contributed by atoms with Gasteiger partial charge in [-0.1, -0.05) is 30.3 Å². The van der Waals surface area contributed by atoms with Gasteiger partial charge < -0.3 is 9.94 Å². The Balaban J connectivity index is 2.12. The first kappa shape index (κ1) is 11.0. The highest BCUT2D eigenvalue weighted by Crippen LogP contribution is 2.18. The minimum atomic E-state index is -1.02. The summed E-state index contributed by atoms with van der Waals surface area (Å²) in [6, 6.07) is 15.7. The van der Waals surface area contributed by atoms with E-state index in [0.717, 1.165) is 5.69 Å². The van der Waals surface area contributed by atoms with Gasteiger partial charge in [-0.15, -0.1) is 0 Å². The molecule has 0 fully saturated rings. The van der Waals surface area contributed by atoms with E-state index in [-0.39, 0.29) is 11.3 Å². The van der Waals surface area contributed by atoms with Crippen LogP contribution in [0, 0.1) is 0 Å². The molecule has 0 aromatic heterocycles. The molecule has 0 unspecified atom stereocenters. The van der Waals surface area contributed by atoms with Crippen molar-refractivity contribution in [2.75, 3.05) is 5.48 Å². The molecular formula is C13H11NO3. The first-order valence-corrected chi connectivity index (χ1v) is 5.07. The van der Waals surface area contributed by atoms with Gasteiger partial charge >= 0.3 is 5.97 Å². The number of para-hydroxylation sites is 2. The van der Waals surface area contributed by atoms with Gasteiger partial charge in [-0.25, -0.2) is 10.3 Å². The summed E-state index contributed by atoms with van der Waals surface area (Å²) in [5.41, 5.74) is 3.57. The standard InChI is InChI=1S/C13H11NO3/c15-13(16)11-8-4-5-9-12(11)17-14-10-6-2-1-3-7-10/h1-9,14H,(H,15,16). The van der Waals surface area contributed by atoms with Crippen LogP contribution < -0.4 is 10.3 Å². The van der Waals surface area contributed by atoms with E-state index in [1.807, 2.05) is 30.3 Å². The Morgan fingerprint density at radius 2 is 1.65 bits per heavy atom. The maximum atomic E-state index is 10.9. The van der Waals surface area contributed by atoms with Gasteiger partial charge in [0.05, 0.1) is 5.69 Å². The van der Waals surface area contributed by atoms with Crippen molar-refractivity contribution in [2.24, 2.45) is 0 Å². The van der Waals surface area contributed by atoms with Crippen molar-refractivity contribution in [3.05, 3.63) is 60.2 Å². The zero-order valence-corrected chi connectivity index (χ0v) is 8.96. The van der Waals surface area contributed by atoms with E-state index in [9.17, 15) is 4.79 Å². The summed E-state index contributed by atoms with van der Waals surface area (Å²) in [4.78, 5) is 16.2. The lowest BCUT2D eigenvalue weighted by molar-refractivity contribution is 0.0693. The number of hydrogen-bond donors (Lipinski definition) is 2. The average molecular weight is 229 g/mol. The van der Waals surface area contributed by atoms with Crippen LogP contribution in [0.15, 0.2) is 54.6 Å². The highest BCUT2D eigenvalue weighted by molar-refractivity contribution is 5.90. The number of aromatic carboxylic acids is 1. The normalized spacial score (nSPS) is 9.65. The third-order valence-electron chi connectivity index (χ3n) is 2.17. The lowest BCUT2D eigenvalue weighted by atomic mass is 10.2. The molecule has 0 aliphatic heterocycles. The van der Waals surface area contributed by atoms with Crippen molar-refractivity contribution in [1.29, 1.82) is 0 Å². The van der Waals surface area contributed by atoms with E-state index in [4.69, 9.17) is 9.94 Å². The molecule has 0 heterocycles. The Morgan fingerprint density at radius 1 is 1.00 bits per heavy atom. The van der Waals surface area contributed by atoms with Crippen LogP contribution in [0.3, 0.4) is 0 Å². The van der Waals surface area contributed by atoms with Crippen molar-refractivity contribution in [2.45, 2.75) is 0 Å². The fourth-order valence-electron chi connectivity index (χ4n) is 1.35. The van der Waals surface area contributed by atoms with Gasteiger partial charge in [-0.3, -0.25) is 0 Å². The van der Waals surface area contributed by atoms with Crippen LogP contribution in [0.5, 0.6) is 5.75 Å². The second-order valence-electron chi connectivity index (χ2n) is 3.37. The van der Waals surface area contributed by atoms with E-state index in [2.05, 4.69) is 5.48 Å². The van der Waals surface area contributed by atoms with Gasteiger partial charge in [-0.05, 0) is 24.3 Å². The predicted octanol–water partition coefficient (Wildman–Crippen LogP) is 2.79. The Morgan fingerprint density at radius 3 is 2.35 bits per heavy atom. The van der Waals surface area contributed by atoms with E-state index >= 15 is 0 Å². The Bertz CT molecular complexity index is 511. The molecule has 0 atom stereocenters. The number of benzene rings is 2. The van der Waals surface area contributed by atoms with Crippen molar-refractivity contribution < 1.29 is 14.7 Å². The Labute approximate surface area is 98.4 Å². The summed E-state index contributed by atoms with van der Waals surface area (Å²) < 4.78 is 0. The Hall–Kier alpha value is -2.49. The molecule has 0 radical (unpaired) electrons. The van der Waals surface area contributed by atoms with Crippen LogP contribution in [-0.4, -0.2) is 11.1 Å². The molecule has 2 rings (SSSR count). The molecule has 2 aromatic rings. The van der Waals surface area contributed by atoms with E-state index in [1.165, 1.54) is 6.07 Å². The smallest absolute Gasteiger partial charge is 0.339 e. The summed E-state index contributed by atoms with van der Waals surface area (Å²) in [7, 11) is 0. The molecule has 4 heteroatoms. The molecule has 4 nitrogen and oxygen atoms in total. The van der Waals surface area contributed by atoms with Crippen molar-refractivity contribution in [1.82, 2.24) is 0 Å². The number of nitrogens with one attached hydrogen (secondary N) is 1. The summed E-state index contributed by atoms with van der Waals surface area (Å²) in [5.74, 6) is -0.737. The van der Waals surface area contributed by atoms with E-state index in [1.54, 1.807) is 18.2 Å². The summed E-state index contributed by atoms with van der Waals surface area (Å²) in [6.07, 6.45) is 0. The van der Waals surface area contributed by atoms with Gasteiger partial charge in [0.2, 0.25) is 0 Å². The van der Waals surface area contributed by atoms with Crippen LogP contribution >= 0.6 is 0 Å². The fraction of sp³-hybridized carbons (Fsp3) is 0. The molecule has 2 aromatic carbocycles. The average Bonchev–Trinajstić information content (AvgIpc) is 2.38. The SMILES string of the molecule is O=C(O)c1ccccc1ONc1ccccc1. The molecule has 0 spiro atoms. The second-order valence-corrected chi connectivity index (χ2v) is 3.37. The van der Waals surface area contributed by atoms with Crippen molar-refractivity contribution >= 4 is 11.7 Å². The molecule has 0 amide bonds. The minimum Gasteiger partial charge on any atom is -0.478 e. The molecule has 0 bridgehead atoms. The van der Waals surface area contributed by atoms with Gasteiger partial charge in [0.1, 0.15) is 5.56 Å². The number of hydrogen-bond acceptors (Lipinski definition) is 3. The molecule has 17 heavy (non-hydrogen) atoms. The third kappa shape index (κ3) is 2.75. The summed E-state index contributed by atoms with van der Waals surface area (Å²) in [6.45, 7) is 0. The number of carbonyl (C=O) groups is 1. The maximum Gasteiger partial charge on any atom is 0.339 e. The number of carboxylic acids is 1. The van der Waals surface area contributed by atoms with Crippen LogP contribution in [0.2, 0.25) is 0 Å². The second kappa shape index (κ2) is 5.03. The number of rotatable bonds is 4. The third-order valence-corrected chi connectivity index (χ3v) is 2.17. The predicted molar refractivity (Wildman–Crippen MR) is 64.1 cm³/mol. The monoisotopic (exact) mass is 229 g/mol. The van der Waals surface area contributed by atoms with Gasteiger partial charge in [0.25, 0.3) is 0 Å². The van der Waals surface area contributed by atoms with Crippen LogP contribution in [0.1, 0.15) is 10.4 Å². The van der Waals surface area contributed by atoms with Gasteiger partial charge in [0.15, 0.2) is 5.75 Å². The largest absolute Gasteiger partial charge is 0.478 e. The highest BCUT2D eigenvalue weighted by atomic mass is 16.6. The highest BCUT2D eigenvalue weighted by Gasteiger charge is 2.10. The molecule has 0 saturated carbocycles. The Kier molecular flexibility index (Phi) is 3.25. The first-order chi connectivity index (χ1) is 8.27. The zero-order chi connectivity index (χ0) is 12.1. The molecule has 0 aliphatic rings. The summed E-state index contributed by atoms with van der Waals surface area (Å²) >= 11 is 0. The topological polar surface area (TPSA) is 58.6 Å². The van der Waals surface area contributed by atoms with Crippen LogP contribution in [-0.2, 0) is 0 Å². The van der Waals surface area contributed by atoms with E-state index in [0.29, 0.717) is 0 Å². The zero-order valence-electron chi connectivity index (χ0n) is 8.96. The molecule has 0 aliphatic carbocycles. The molecule has 2 N–H and O–H groups in total. The quantitative estimate of drug-likeness (QED) is 0.791. The lowest BCUT2D eigenvalue weighted by Gasteiger charge is -2.09. The van der Waals surface area contributed by atoms with Crippen molar-refractivity contribution in [3.8, 4) is 5.75 Å².